The number of hydrogen-bond donors (Lipinski definition) is 1. The van der Waals surface area contributed by atoms with Crippen LogP contribution in [0.4, 0.5) is 0 Å². The largest absolute Gasteiger partial charge is 0.481 e. The van der Waals surface area contributed by atoms with Crippen molar-refractivity contribution < 1.29 is 14.3 Å². The second-order valence-electron chi connectivity index (χ2n) is 3.11. The molecule has 0 radical (unpaired) electrons. The summed E-state index contributed by atoms with van der Waals surface area (Å²) in [7, 11) is 0. The van der Waals surface area contributed by atoms with Crippen LogP contribution < -0.4 is 0 Å². The molecule has 0 unspecified atom stereocenters. The third-order valence-corrected chi connectivity index (χ3v) is 1.64. The van der Waals surface area contributed by atoms with Crippen molar-refractivity contribution in [3.05, 3.63) is 54.2 Å². The summed E-state index contributed by atoms with van der Waals surface area (Å²) in [5, 5.41) is 8.28. The zero-order valence-corrected chi connectivity index (χ0v) is 8.96. The van der Waals surface area contributed by atoms with Crippen molar-refractivity contribution in [1.82, 2.24) is 4.98 Å². The fraction of sp³-hybridized carbons (Fsp3) is 0.167. The van der Waals surface area contributed by atoms with Gasteiger partial charge in [0.2, 0.25) is 5.89 Å². The number of aliphatic carboxylic acids is 1. The SMILES string of the molecule is Cc1coc(CC(=O)O)n1.c1ccccc1. The lowest BCUT2D eigenvalue weighted by Crippen LogP contribution is -1.99. The predicted molar refractivity (Wildman–Crippen MR) is 59.0 cm³/mol. The summed E-state index contributed by atoms with van der Waals surface area (Å²) >= 11 is 0. The Morgan fingerprint density at radius 2 is 1.75 bits per heavy atom. The number of benzene rings is 1. The van der Waals surface area contributed by atoms with Crippen LogP contribution in [0.15, 0.2) is 47.1 Å². The Labute approximate surface area is 93.6 Å². The maximum absolute atomic E-state index is 10.1. The molecule has 2 rings (SSSR count). The highest BCUT2D eigenvalue weighted by molar-refractivity contribution is 5.68. The molecule has 0 spiro atoms. The standard InChI is InChI=1S/C6H7NO3.C6H6/c1-4-3-10-5(7-4)2-6(8)9;1-2-4-6-5-3-1/h3H,2H2,1H3,(H,8,9);1-6H. The molecule has 0 aliphatic heterocycles. The van der Waals surface area contributed by atoms with E-state index in [9.17, 15) is 4.79 Å². The first kappa shape index (κ1) is 12.0. The molecule has 1 aromatic carbocycles. The highest BCUT2D eigenvalue weighted by Crippen LogP contribution is 2.00. The average molecular weight is 219 g/mol. The van der Waals surface area contributed by atoms with Gasteiger partial charge in [0.25, 0.3) is 0 Å². The molecule has 0 fully saturated rings. The molecule has 0 saturated carbocycles. The molecule has 0 saturated heterocycles. The number of carboxylic acid groups (broad SMARTS) is 1. The van der Waals surface area contributed by atoms with E-state index in [0.717, 1.165) is 0 Å². The summed E-state index contributed by atoms with van der Waals surface area (Å²) in [6.07, 6.45) is 1.28. The summed E-state index contributed by atoms with van der Waals surface area (Å²) in [5.41, 5.74) is 0.705. The molecule has 84 valence electrons. The van der Waals surface area contributed by atoms with E-state index < -0.39 is 5.97 Å². The molecule has 4 nitrogen and oxygen atoms in total. The molecule has 0 aliphatic carbocycles. The number of carboxylic acids is 1. The van der Waals surface area contributed by atoms with Gasteiger partial charge in [0, 0.05) is 0 Å². The lowest BCUT2D eigenvalue weighted by atomic mass is 10.4. The van der Waals surface area contributed by atoms with Crippen molar-refractivity contribution in [2.45, 2.75) is 13.3 Å². The van der Waals surface area contributed by atoms with Crippen LogP contribution >= 0.6 is 0 Å². The van der Waals surface area contributed by atoms with E-state index in [-0.39, 0.29) is 12.3 Å². The van der Waals surface area contributed by atoms with Gasteiger partial charge < -0.3 is 9.52 Å². The van der Waals surface area contributed by atoms with Crippen molar-refractivity contribution in [1.29, 1.82) is 0 Å². The van der Waals surface area contributed by atoms with E-state index in [1.807, 2.05) is 36.4 Å². The Morgan fingerprint density at radius 1 is 1.25 bits per heavy atom. The molecule has 4 heteroatoms. The molecule has 2 aromatic rings. The first-order chi connectivity index (χ1) is 7.68. The number of hydrogen-bond acceptors (Lipinski definition) is 3. The lowest BCUT2D eigenvalue weighted by molar-refractivity contribution is -0.136. The van der Waals surface area contributed by atoms with Gasteiger partial charge in [-0.05, 0) is 6.92 Å². The minimum absolute atomic E-state index is 0.145. The van der Waals surface area contributed by atoms with Crippen LogP contribution in [0.2, 0.25) is 0 Å². The van der Waals surface area contributed by atoms with E-state index >= 15 is 0 Å². The van der Waals surface area contributed by atoms with Gasteiger partial charge in [0.15, 0.2) is 0 Å². The second kappa shape index (κ2) is 6.40. The minimum Gasteiger partial charge on any atom is -0.481 e. The number of aromatic nitrogens is 1. The Balaban J connectivity index is 0.000000181. The number of oxazole rings is 1. The molecule has 1 N–H and O–H groups in total. The van der Waals surface area contributed by atoms with Crippen LogP contribution in [-0.2, 0) is 11.2 Å². The van der Waals surface area contributed by atoms with E-state index in [1.165, 1.54) is 6.26 Å². The molecule has 0 bridgehead atoms. The fourth-order valence-corrected chi connectivity index (χ4v) is 0.998. The van der Waals surface area contributed by atoms with Crippen LogP contribution in [0.1, 0.15) is 11.6 Å². The zero-order chi connectivity index (χ0) is 11.8. The van der Waals surface area contributed by atoms with Gasteiger partial charge in [0.1, 0.15) is 12.7 Å². The number of nitrogens with zero attached hydrogens (tertiary/aromatic N) is 1. The topological polar surface area (TPSA) is 63.3 Å². The number of aryl methyl sites for hydroxylation is 1. The Kier molecular flexibility index (Phi) is 4.79. The molecule has 1 aromatic heterocycles. The van der Waals surface area contributed by atoms with Gasteiger partial charge in [0.05, 0.1) is 5.69 Å². The highest BCUT2D eigenvalue weighted by atomic mass is 16.4. The first-order valence-corrected chi connectivity index (χ1v) is 4.81. The van der Waals surface area contributed by atoms with E-state index in [2.05, 4.69) is 4.98 Å². The van der Waals surface area contributed by atoms with Crippen LogP contribution in [0.5, 0.6) is 0 Å². The molecule has 1 heterocycles. The maximum Gasteiger partial charge on any atom is 0.312 e. The molecular formula is C12H13NO3. The van der Waals surface area contributed by atoms with Gasteiger partial charge in [-0.3, -0.25) is 4.79 Å². The summed E-state index contributed by atoms with van der Waals surface area (Å²) in [4.78, 5) is 13.9. The molecule has 16 heavy (non-hydrogen) atoms. The van der Waals surface area contributed by atoms with E-state index in [4.69, 9.17) is 9.52 Å². The first-order valence-electron chi connectivity index (χ1n) is 4.81. The Bertz CT molecular complexity index is 396. The third-order valence-electron chi connectivity index (χ3n) is 1.64. The lowest BCUT2D eigenvalue weighted by Gasteiger charge is -1.84. The number of carbonyl (C=O) groups is 1. The fourth-order valence-electron chi connectivity index (χ4n) is 0.998. The predicted octanol–water partition coefficient (Wildman–Crippen LogP) is 2.30. The van der Waals surface area contributed by atoms with Crippen molar-refractivity contribution in [2.24, 2.45) is 0 Å². The van der Waals surface area contributed by atoms with Crippen molar-refractivity contribution in [3.63, 3.8) is 0 Å². The summed E-state index contributed by atoms with van der Waals surface area (Å²) < 4.78 is 4.78. The molecule has 0 aliphatic rings. The van der Waals surface area contributed by atoms with Crippen LogP contribution in [0, 0.1) is 6.92 Å². The smallest absolute Gasteiger partial charge is 0.312 e. The third kappa shape index (κ3) is 4.95. The van der Waals surface area contributed by atoms with E-state index in [1.54, 1.807) is 6.92 Å². The van der Waals surface area contributed by atoms with Gasteiger partial charge in [-0.2, -0.15) is 0 Å². The second-order valence-corrected chi connectivity index (χ2v) is 3.11. The quantitative estimate of drug-likeness (QED) is 0.841. The summed E-state index contributed by atoms with van der Waals surface area (Å²) in [6.45, 7) is 1.74. The summed E-state index contributed by atoms with van der Waals surface area (Å²) in [5.74, 6) is -0.674. The molecule has 0 atom stereocenters. The Hall–Kier alpha value is -2.10. The molecule has 0 amide bonds. The monoisotopic (exact) mass is 219 g/mol. The van der Waals surface area contributed by atoms with E-state index in [0.29, 0.717) is 5.69 Å². The van der Waals surface area contributed by atoms with Crippen LogP contribution in [-0.4, -0.2) is 16.1 Å². The van der Waals surface area contributed by atoms with Gasteiger partial charge in [-0.1, -0.05) is 36.4 Å². The Morgan fingerprint density at radius 3 is 2.06 bits per heavy atom. The van der Waals surface area contributed by atoms with Crippen LogP contribution in [0.3, 0.4) is 0 Å². The van der Waals surface area contributed by atoms with Gasteiger partial charge in [-0.15, -0.1) is 0 Å². The van der Waals surface area contributed by atoms with Crippen molar-refractivity contribution in [3.8, 4) is 0 Å². The summed E-state index contributed by atoms with van der Waals surface area (Å²) in [6, 6.07) is 12.0. The minimum atomic E-state index is -0.929. The average Bonchev–Trinajstić information content (AvgIpc) is 2.66. The normalized spacial score (nSPS) is 9.06. The highest BCUT2D eigenvalue weighted by Gasteiger charge is 2.04. The maximum atomic E-state index is 10.1. The van der Waals surface area contributed by atoms with Crippen molar-refractivity contribution >= 4 is 5.97 Å². The van der Waals surface area contributed by atoms with Crippen molar-refractivity contribution in [2.75, 3.05) is 0 Å². The zero-order valence-electron chi connectivity index (χ0n) is 8.96. The van der Waals surface area contributed by atoms with Crippen LogP contribution in [0.25, 0.3) is 0 Å². The number of rotatable bonds is 2. The molecular weight excluding hydrogens is 206 g/mol. The van der Waals surface area contributed by atoms with Gasteiger partial charge in [-0.25, -0.2) is 4.98 Å². The van der Waals surface area contributed by atoms with Gasteiger partial charge >= 0.3 is 5.97 Å².